The van der Waals surface area contributed by atoms with Crippen molar-refractivity contribution in [2.45, 2.75) is 115 Å². The number of carbonyl (C=O) groups excluding carboxylic acids is 2. The van der Waals surface area contributed by atoms with Crippen molar-refractivity contribution in [2.75, 3.05) is 70.1 Å². The summed E-state index contributed by atoms with van der Waals surface area (Å²) in [5, 5.41) is 27.2. The van der Waals surface area contributed by atoms with Crippen LogP contribution in [-0.2, 0) is 16.0 Å². The number of ether oxygens (including phenoxy) is 1. The number of nitrogens with one attached hydrogen (secondary N) is 3. The minimum absolute atomic E-state index is 0.000471. The van der Waals surface area contributed by atoms with Crippen LogP contribution >= 0.6 is 0 Å². The van der Waals surface area contributed by atoms with Crippen LogP contribution in [0.4, 0.5) is 20.3 Å². The van der Waals surface area contributed by atoms with Gasteiger partial charge in [-0.05, 0) is 154 Å². The SMILES string of the molecule is CCc1c(F)ccc2cc(O)cc(-c3ncc4c(N5CCC[C@H](C)C5)nc(OC5CCN(C6CCC(CN7CCC(c8ccc(C(=N)C(CCC=O)C(=O)NC)c(NC)c8)CC7)CC6)CC5)nc4c3F)c12. The summed E-state index contributed by atoms with van der Waals surface area (Å²) in [5.41, 5.74) is 3.90. The Labute approximate surface area is 416 Å². The molecule has 1 amide bonds. The van der Waals surface area contributed by atoms with E-state index in [4.69, 9.17) is 20.1 Å². The smallest absolute Gasteiger partial charge is 0.319 e. The molecule has 0 spiro atoms. The van der Waals surface area contributed by atoms with Gasteiger partial charge in [0, 0.05) is 82.3 Å². The topological polar surface area (TPSA) is 160 Å². The lowest BCUT2D eigenvalue weighted by molar-refractivity contribution is -0.122. The molecular weight excluding hydrogens is 901 g/mol. The number of rotatable bonds is 16. The van der Waals surface area contributed by atoms with Crippen molar-refractivity contribution in [1.82, 2.24) is 30.1 Å². The molecule has 378 valence electrons. The summed E-state index contributed by atoms with van der Waals surface area (Å²) < 4.78 is 38.9. The van der Waals surface area contributed by atoms with Crippen molar-refractivity contribution in [3.05, 3.63) is 77.0 Å². The lowest BCUT2D eigenvalue weighted by Crippen LogP contribution is -2.46. The van der Waals surface area contributed by atoms with Crippen LogP contribution in [0, 0.1) is 34.8 Å². The van der Waals surface area contributed by atoms with Gasteiger partial charge in [-0.1, -0.05) is 32.0 Å². The van der Waals surface area contributed by atoms with E-state index in [9.17, 15) is 14.7 Å². The number of aromatic nitrogens is 3. The summed E-state index contributed by atoms with van der Waals surface area (Å²) in [7, 11) is 3.42. The average molecular weight is 972 g/mol. The normalized spacial score (nSPS) is 21.3. The van der Waals surface area contributed by atoms with Crippen molar-refractivity contribution in [3.63, 3.8) is 0 Å². The Kier molecular flexibility index (Phi) is 15.8. The van der Waals surface area contributed by atoms with Gasteiger partial charge >= 0.3 is 6.01 Å². The molecule has 3 saturated heterocycles. The highest BCUT2D eigenvalue weighted by Gasteiger charge is 2.33. The Bertz CT molecular complexity index is 2730. The third-order valence-corrected chi connectivity index (χ3v) is 16.1. The van der Waals surface area contributed by atoms with E-state index < -0.39 is 11.7 Å². The maximum atomic E-state index is 17.1. The van der Waals surface area contributed by atoms with Crippen LogP contribution in [0.15, 0.2) is 48.7 Å². The van der Waals surface area contributed by atoms with Gasteiger partial charge < -0.3 is 45.4 Å². The molecule has 1 unspecified atom stereocenters. The fourth-order valence-corrected chi connectivity index (χ4v) is 12.2. The molecule has 2 atom stereocenters. The monoisotopic (exact) mass is 972 g/mol. The largest absolute Gasteiger partial charge is 0.508 e. The number of hydrogen-bond donors (Lipinski definition) is 4. The fourth-order valence-electron chi connectivity index (χ4n) is 12.2. The summed E-state index contributed by atoms with van der Waals surface area (Å²) in [5.74, 6) is 0.175. The Hall–Kier alpha value is -5.80. The minimum Gasteiger partial charge on any atom is -0.508 e. The molecule has 0 radical (unpaired) electrons. The van der Waals surface area contributed by atoms with Gasteiger partial charge in [-0.25, -0.2) is 8.78 Å². The van der Waals surface area contributed by atoms with E-state index in [0.29, 0.717) is 75.3 Å². The Morgan fingerprint density at radius 3 is 2.44 bits per heavy atom. The second-order valence-corrected chi connectivity index (χ2v) is 20.7. The molecule has 15 heteroatoms. The number of anilines is 2. The van der Waals surface area contributed by atoms with Gasteiger partial charge in [-0.2, -0.15) is 9.97 Å². The number of nitrogens with zero attached hydrogens (tertiary/aromatic N) is 6. The van der Waals surface area contributed by atoms with Gasteiger partial charge in [0.25, 0.3) is 0 Å². The van der Waals surface area contributed by atoms with Gasteiger partial charge in [0.2, 0.25) is 5.91 Å². The van der Waals surface area contributed by atoms with E-state index in [2.05, 4.69) is 49.4 Å². The Balaban J connectivity index is 0.805. The Morgan fingerprint density at radius 2 is 1.73 bits per heavy atom. The minimum atomic E-state index is -0.676. The van der Waals surface area contributed by atoms with Crippen LogP contribution in [0.25, 0.3) is 32.9 Å². The standard InChI is InChI=1S/C56H71F2N9O4/c1-5-42-47(57)17-13-38-28-40(69)30-45(49(38)42)52-50(58)53-46(31-62-52)54(67-22-6-8-34(2)32-67)64-56(63-53)71-41-20-25-66(26-21-41)39-14-10-35(11-15-39)33-65-23-18-36(19-24-65)37-12-16-43(48(29-37)60-3)51(59)44(9-7-27-68)55(70)61-4/h12-13,16-17,27-31,34-36,39,41,44,59-60,69H,5-11,14-15,18-26,32-33H2,1-4H3,(H,61,70)/t34-,35?,39?,44?/m0/s1. The van der Waals surface area contributed by atoms with Gasteiger partial charge in [0.05, 0.1) is 17.0 Å². The van der Waals surface area contributed by atoms with Crippen LogP contribution in [-0.4, -0.2) is 120 Å². The highest BCUT2D eigenvalue weighted by molar-refractivity contribution is 6.14. The molecule has 3 aromatic carbocycles. The number of phenols is 1. The second-order valence-electron chi connectivity index (χ2n) is 20.7. The summed E-state index contributed by atoms with van der Waals surface area (Å²) in [6, 6.07) is 13.0. The number of aryl methyl sites for hydroxylation is 1. The zero-order valence-electron chi connectivity index (χ0n) is 41.9. The number of halogens is 2. The lowest BCUT2D eigenvalue weighted by Gasteiger charge is -2.42. The van der Waals surface area contributed by atoms with E-state index in [1.165, 1.54) is 43.4 Å². The number of aldehydes is 1. The van der Waals surface area contributed by atoms with Crippen molar-refractivity contribution in [2.24, 2.45) is 17.8 Å². The quantitative estimate of drug-likeness (QED) is 0.0551. The van der Waals surface area contributed by atoms with Crippen molar-refractivity contribution >= 4 is 51.1 Å². The number of aromatic hydroxyl groups is 1. The number of likely N-dealkylation sites (tertiary alicyclic amines) is 2. The number of fused-ring (bicyclic) bond motifs is 2. The first-order chi connectivity index (χ1) is 34.5. The molecular formula is C56H71F2N9O4. The van der Waals surface area contributed by atoms with Gasteiger partial charge in [0.15, 0.2) is 5.82 Å². The number of benzene rings is 3. The number of carbonyl (C=O) groups is 2. The highest BCUT2D eigenvalue weighted by atomic mass is 19.1. The van der Waals surface area contributed by atoms with Crippen molar-refractivity contribution in [1.29, 1.82) is 5.41 Å². The maximum absolute atomic E-state index is 17.1. The second kappa shape index (κ2) is 22.3. The van der Waals surface area contributed by atoms with Gasteiger partial charge in [0.1, 0.15) is 41.0 Å². The summed E-state index contributed by atoms with van der Waals surface area (Å²) >= 11 is 0. The first kappa shape index (κ1) is 50.2. The Morgan fingerprint density at radius 1 is 0.958 bits per heavy atom. The summed E-state index contributed by atoms with van der Waals surface area (Å²) in [6.45, 7) is 10.8. The van der Waals surface area contributed by atoms with Crippen molar-refractivity contribution < 1.29 is 28.2 Å². The van der Waals surface area contributed by atoms with Crippen LogP contribution in [0.3, 0.4) is 0 Å². The lowest BCUT2D eigenvalue weighted by atomic mass is 9.83. The first-order valence-corrected chi connectivity index (χ1v) is 26.2. The molecule has 71 heavy (non-hydrogen) atoms. The molecule has 9 rings (SSSR count). The van der Waals surface area contributed by atoms with Crippen LogP contribution in [0.2, 0.25) is 0 Å². The molecule has 0 bridgehead atoms. The van der Waals surface area contributed by atoms with E-state index >= 15 is 8.78 Å². The number of hydrogen-bond acceptors (Lipinski definition) is 12. The fraction of sp³-hybridized carbons (Fsp3) is 0.536. The van der Waals surface area contributed by atoms with Crippen LogP contribution in [0.1, 0.15) is 114 Å². The molecule has 13 nitrogen and oxygen atoms in total. The summed E-state index contributed by atoms with van der Waals surface area (Å²) in [4.78, 5) is 45.5. The first-order valence-electron chi connectivity index (χ1n) is 26.2. The average Bonchev–Trinajstić information content (AvgIpc) is 3.39. The predicted octanol–water partition coefficient (Wildman–Crippen LogP) is 9.66. The number of phenolic OH excluding ortho intramolecular Hbond substituents is 1. The van der Waals surface area contributed by atoms with Crippen LogP contribution < -0.4 is 20.3 Å². The van der Waals surface area contributed by atoms with E-state index in [1.54, 1.807) is 25.4 Å². The molecule has 4 fully saturated rings. The van der Waals surface area contributed by atoms with Gasteiger partial charge in [-0.15, -0.1) is 0 Å². The van der Waals surface area contributed by atoms with E-state index in [-0.39, 0.29) is 52.9 Å². The molecule has 3 aliphatic heterocycles. The molecule has 1 saturated carbocycles. The molecule has 1 aliphatic carbocycles. The third-order valence-electron chi connectivity index (χ3n) is 16.1. The van der Waals surface area contributed by atoms with Crippen molar-refractivity contribution in [3.8, 4) is 23.0 Å². The zero-order valence-corrected chi connectivity index (χ0v) is 41.9. The maximum Gasteiger partial charge on any atom is 0.319 e. The van der Waals surface area contributed by atoms with E-state index in [0.717, 1.165) is 96.3 Å². The molecule has 5 aromatic rings. The number of piperidine rings is 3. The zero-order chi connectivity index (χ0) is 49.8. The number of pyridine rings is 1. The number of amides is 1. The highest BCUT2D eigenvalue weighted by Crippen LogP contribution is 2.41. The third kappa shape index (κ3) is 10.9. The molecule has 4 aliphatic rings. The summed E-state index contributed by atoms with van der Waals surface area (Å²) in [6.07, 6.45) is 14.0. The molecule has 2 aromatic heterocycles. The molecule has 4 N–H and O–H groups in total. The van der Waals surface area contributed by atoms with Gasteiger partial charge in [-0.3, -0.25) is 9.78 Å². The van der Waals surface area contributed by atoms with E-state index in [1.807, 2.05) is 20.0 Å². The molecule has 5 heterocycles. The predicted molar refractivity (Wildman–Crippen MR) is 277 cm³/mol. The van der Waals surface area contributed by atoms with Crippen LogP contribution in [0.5, 0.6) is 11.8 Å².